The predicted octanol–water partition coefficient (Wildman–Crippen LogP) is 5.73. The van der Waals surface area contributed by atoms with Gasteiger partial charge in [0.25, 0.3) is 5.56 Å². The zero-order valence-electron chi connectivity index (χ0n) is 21.5. The summed E-state index contributed by atoms with van der Waals surface area (Å²) in [5.74, 6) is 1.16. The molecule has 1 aliphatic carbocycles. The maximum atomic E-state index is 13.2. The molecule has 0 amide bonds. The summed E-state index contributed by atoms with van der Waals surface area (Å²) in [5, 5.41) is 14.2. The van der Waals surface area contributed by atoms with Gasteiger partial charge < -0.3 is 4.98 Å². The summed E-state index contributed by atoms with van der Waals surface area (Å²) in [6.45, 7) is 7.67. The molecule has 4 aromatic rings. The quantitative estimate of drug-likeness (QED) is 0.346. The number of H-pyrrole nitrogens is 1. The molecule has 1 saturated carbocycles. The van der Waals surface area contributed by atoms with Gasteiger partial charge in [0.1, 0.15) is 0 Å². The number of aromatic amines is 1. The molecule has 188 valence electrons. The second kappa shape index (κ2) is 10.7. The van der Waals surface area contributed by atoms with E-state index in [1.165, 1.54) is 24.8 Å². The first kappa shape index (κ1) is 24.4. The smallest absolute Gasteiger partial charge is 0.252 e. The Morgan fingerprint density at radius 3 is 2.56 bits per heavy atom. The van der Waals surface area contributed by atoms with Crippen LogP contribution in [0.2, 0.25) is 0 Å². The lowest BCUT2D eigenvalue weighted by Gasteiger charge is -2.35. The number of hydrogen-bond acceptors (Lipinski definition) is 5. The van der Waals surface area contributed by atoms with Crippen LogP contribution < -0.4 is 5.56 Å². The van der Waals surface area contributed by atoms with Crippen molar-refractivity contribution in [2.75, 3.05) is 0 Å². The highest BCUT2D eigenvalue weighted by molar-refractivity contribution is 5.81. The monoisotopic (exact) mass is 484 g/mol. The lowest BCUT2D eigenvalue weighted by molar-refractivity contribution is 0.121. The molecule has 0 spiro atoms. The molecule has 1 atom stereocenters. The summed E-state index contributed by atoms with van der Waals surface area (Å²) in [6.07, 6.45) is 5.95. The summed E-state index contributed by atoms with van der Waals surface area (Å²) in [7, 11) is 0. The van der Waals surface area contributed by atoms with Crippen molar-refractivity contribution in [3.05, 3.63) is 87.5 Å². The Morgan fingerprint density at radius 2 is 1.81 bits per heavy atom. The molecule has 7 nitrogen and oxygen atoms in total. The molecule has 1 aliphatic rings. The lowest BCUT2D eigenvalue weighted by Crippen LogP contribution is -2.36. The Morgan fingerprint density at radius 1 is 1.03 bits per heavy atom. The maximum Gasteiger partial charge on any atom is 0.252 e. The van der Waals surface area contributed by atoms with E-state index >= 15 is 0 Å². The van der Waals surface area contributed by atoms with E-state index in [4.69, 9.17) is 0 Å². The first-order valence-corrected chi connectivity index (χ1v) is 13.2. The first-order chi connectivity index (χ1) is 17.5. The molecule has 0 aliphatic heterocycles. The van der Waals surface area contributed by atoms with Crippen LogP contribution in [-0.2, 0) is 13.1 Å². The normalized spacial score (nSPS) is 15.7. The largest absolute Gasteiger partial charge is 0.321 e. The Labute approximate surface area is 212 Å². The standard InChI is InChI=1S/C29H36N6O/c1-20(2)27(28-31-32-33-35(28)25-15-8-5-9-16-25)34(18-22-12-6-4-7-13-22)19-24-17-23-14-10-11-21(3)26(23)30-29(24)36/h4,6-7,10-14,17,20,25,27H,5,8-9,15-16,18-19H2,1-3H3,(H,30,36)/t27-/m0/s1. The fraction of sp³-hybridized carbons (Fsp3) is 0.448. The second-order valence-corrected chi connectivity index (χ2v) is 10.5. The molecule has 0 unspecified atom stereocenters. The van der Waals surface area contributed by atoms with Crippen molar-refractivity contribution in [3.8, 4) is 0 Å². The van der Waals surface area contributed by atoms with Crippen molar-refractivity contribution in [1.29, 1.82) is 0 Å². The first-order valence-electron chi connectivity index (χ1n) is 13.2. The van der Waals surface area contributed by atoms with Crippen LogP contribution in [0, 0.1) is 12.8 Å². The number of pyridine rings is 1. The molecule has 1 N–H and O–H groups in total. The molecule has 5 rings (SSSR count). The zero-order valence-corrected chi connectivity index (χ0v) is 21.5. The van der Waals surface area contributed by atoms with Crippen molar-refractivity contribution in [2.45, 2.75) is 78.0 Å². The third-order valence-electron chi connectivity index (χ3n) is 7.50. The van der Waals surface area contributed by atoms with Gasteiger partial charge >= 0.3 is 0 Å². The van der Waals surface area contributed by atoms with Crippen molar-refractivity contribution in [3.63, 3.8) is 0 Å². The van der Waals surface area contributed by atoms with Crippen LogP contribution >= 0.6 is 0 Å². The highest BCUT2D eigenvalue weighted by atomic mass is 16.1. The van der Waals surface area contributed by atoms with Gasteiger partial charge in [0.15, 0.2) is 5.82 Å². The highest BCUT2D eigenvalue weighted by Gasteiger charge is 2.32. The second-order valence-electron chi connectivity index (χ2n) is 10.5. The number of benzene rings is 2. The molecule has 0 bridgehead atoms. The molecule has 0 radical (unpaired) electrons. The molecule has 1 fully saturated rings. The summed E-state index contributed by atoms with van der Waals surface area (Å²) >= 11 is 0. The summed E-state index contributed by atoms with van der Waals surface area (Å²) in [6, 6.07) is 18.9. The average molecular weight is 485 g/mol. The van der Waals surface area contributed by atoms with Crippen LogP contribution in [0.3, 0.4) is 0 Å². The molecular formula is C29H36N6O. The Kier molecular flexibility index (Phi) is 7.28. The van der Waals surface area contributed by atoms with E-state index in [2.05, 4.69) is 74.3 Å². The van der Waals surface area contributed by atoms with Crippen LogP contribution in [-0.4, -0.2) is 30.1 Å². The van der Waals surface area contributed by atoms with Crippen LogP contribution in [0.25, 0.3) is 10.9 Å². The van der Waals surface area contributed by atoms with E-state index in [1.807, 2.05) is 31.2 Å². The van der Waals surface area contributed by atoms with Crippen LogP contribution in [0.5, 0.6) is 0 Å². The summed E-state index contributed by atoms with van der Waals surface area (Å²) in [4.78, 5) is 18.7. The fourth-order valence-electron chi connectivity index (χ4n) is 5.70. The third kappa shape index (κ3) is 5.12. The average Bonchev–Trinajstić information content (AvgIpc) is 3.35. The number of aryl methyl sites for hydroxylation is 1. The number of hydrogen-bond donors (Lipinski definition) is 1. The van der Waals surface area contributed by atoms with E-state index < -0.39 is 0 Å². The Bertz CT molecular complexity index is 1350. The van der Waals surface area contributed by atoms with E-state index in [0.29, 0.717) is 19.1 Å². The van der Waals surface area contributed by atoms with Gasteiger partial charge in [0.2, 0.25) is 0 Å². The molecular weight excluding hydrogens is 448 g/mol. The number of aromatic nitrogens is 5. The van der Waals surface area contributed by atoms with Gasteiger partial charge in [-0.2, -0.15) is 0 Å². The van der Waals surface area contributed by atoms with Crippen molar-refractivity contribution < 1.29 is 0 Å². The number of para-hydroxylation sites is 1. The lowest BCUT2D eigenvalue weighted by atomic mass is 9.94. The molecule has 36 heavy (non-hydrogen) atoms. The van der Waals surface area contributed by atoms with E-state index in [9.17, 15) is 4.79 Å². The molecule has 2 heterocycles. The van der Waals surface area contributed by atoms with Crippen LogP contribution in [0.1, 0.15) is 80.6 Å². The van der Waals surface area contributed by atoms with Crippen molar-refractivity contribution in [2.24, 2.45) is 5.92 Å². The minimum absolute atomic E-state index is 0.0326. The summed E-state index contributed by atoms with van der Waals surface area (Å²) in [5.41, 5.74) is 3.90. The highest BCUT2D eigenvalue weighted by Crippen LogP contribution is 2.34. The van der Waals surface area contributed by atoms with E-state index in [0.717, 1.165) is 40.7 Å². The van der Waals surface area contributed by atoms with Crippen molar-refractivity contribution in [1.82, 2.24) is 30.1 Å². The van der Waals surface area contributed by atoms with Crippen molar-refractivity contribution >= 4 is 10.9 Å². The molecule has 2 aromatic heterocycles. The number of fused-ring (bicyclic) bond motifs is 1. The number of rotatable bonds is 8. The Hall–Kier alpha value is -3.32. The SMILES string of the molecule is Cc1cccc2cc(CN(Cc3ccccc3)[C@H](c3nnnn3C3CCCCC3)C(C)C)c(=O)[nH]c12. The van der Waals surface area contributed by atoms with Gasteiger partial charge in [0.05, 0.1) is 17.6 Å². The van der Waals surface area contributed by atoms with Gasteiger partial charge in [-0.05, 0) is 58.7 Å². The molecule has 0 saturated heterocycles. The Balaban J connectivity index is 1.56. The number of nitrogens with zero attached hydrogens (tertiary/aromatic N) is 5. The number of tetrazole rings is 1. The van der Waals surface area contributed by atoms with Gasteiger partial charge in [-0.1, -0.05) is 81.6 Å². The topological polar surface area (TPSA) is 79.7 Å². The zero-order chi connectivity index (χ0) is 25.1. The van der Waals surface area contributed by atoms with Gasteiger partial charge in [-0.3, -0.25) is 9.69 Å². The minimum Gasteiger partial charge on any atom is -0.321 e. The van der Waals surface area contributed by atoms with Gasteiger partial charge in [0, 0.05) is 18.7 Å². The molecule has 7 heteroatoms. The van der Waals surface area contributed by atoms with E-state index in [1.54, 1.807) is 0 Å². The third-order valence-corrected chi connectivity index (χ3v) is 7.50. The number of nitrogens with one attached hydrogen (secondary N) is 1. The maximum absolute atomic E-state index is 13.2. The molecule has 2 aromatic carbocycles. The van der Waals surface area contributed by atoms with Crippen LogP contribution in [0.15, 0.2) is 59.4 Å². The minimum atomic E-state index is -0.0377. The van der Waals surface area contributed by atoms with Gasteiger partial charge in [-0.15, -0.1) is 5.10 Å². The van der Waals surface area contributed by atoms with E-state index in [-0.39, 0.29) is 17.5 Å². The van der Waals surface area contributed by atoms with Gasteiger partial charge in [-0.25, -0.2) is 4.68 Å². The predicted molar refractivity (Wildman–Crippen MR) is 143 cm³/mol. The van der Waals surface area contributed by atoms with Crippen LogP contribution in [0.4, 0.5) is 0 Å². The summed E-state index contributed by atoms with van der Waals surface area (Å²) < 4.78 is 2.08. The fourth-order valence-corrected chi connectivity index (χ4v) is 5.70.